The second-order valence-electron chi connectivity index (χ2n) is 9.64. The van der Waals surface area contributed by atoms with Gasteiger partial charge < -0.3 is 14.2 Å². The molecule has 162 valence electrons. The van der Waals surface area contributed by atoms with E-state index in [1.165, 1.54) is 0 Å². The van der Waals surface area contributed by atoms with Crippen LogP contribution in [0.1, 0.15) is 60.5 Å². The average Bonchev–Trinajstić information content (AvgIpc) is 2.95. The largest absolute Gasteiger partial charge is 0.497 e. The fraction of sp³-hybridized carbons (Fsp3) is 0.652. The molecule has 0 spiro atoms. The zero-order chi connectivity index (χ0) is 22.0. The topological polar surface area (TPSA) is 60.4 Å². The summed E-state index contributed by atoms with van der Waals surface area (Å²) in [5.74, 6) is 1.37. The number of hydrogen-bond donors (Lipinski definition) is 0. The van der Waals surface area contributed by atoms with Crippen LogP contribution in [0.15, 0.2) is 29.3 Å². The first kappa shape index (κ1) is 23.0. The maximum absolute atomic E-state index is 13.4. The molecule has 0 aliphatic carbocycles. The Balaban J connectivity index is 2.55. The summed E-state index contributed by atoms with van der Waals surface area (Å²) in [5, 5.41) is 0. The minimum absolute atomic E-state index is 0.280. The van der Waals surface area contributed by atoms with Gasteiger partial charge in [-0.2, -0.15) is 0 Å². The second kappa shape index (κ2) is 8.25. The maximum atomic E-state index is 13.4. The van der Waals surface area contributed by atoms with Crippen LogP contribution in [0.2, 0.25) is 0 Å². The molecule has 6 nitrogen and oxygen atoms in total. The van der Waals surface area contributed by atoms with Crippen LogP contribution in [-0.2, 0) is 15.9 Å². The van der Waals surface area contributed by atoms with Gasteiger partial charge >= 0.3 is 6.09 Å². The van der Waals surface area contributed by atoms with Crippen molar-refractivity contribution in [3.63, 3.8) is 0 Å². The second-order valence-corrected chi connectivity index (χ2v) is 9.64. The number of carbonyl (C=O) groups is 1. The molecular weight excluding hydrogens is 368 g/mol. The van der Waals surface area contributed by atoms with Gasteiger partial charge in [0.2, 0.25) is 5.90 Å². The molecule has 0 unspecified atom stereocenters. The van der Waals surface area contributed by atoms with Crippen molar-refractivity contribution in [2.75, 3.05) is 14.2 Å². The van der Waals surface area contributed by atoms with Crippen molar-refractivity contribution in [1.82, 2.24) is 4.90 Å². The van der Waals surface area contributed by atoms with Gasteiger partial charge in [0.25, 0.3) is 0 Å². The summed E-state index contributed by atoms with van der Waals surface area (Å²) in [7, 11) is 3.27. The van der Waals surface area contributed by atoms with Crippen LogP contribution in [-0.4, -0.2) is 48.4 Å². The molecule has 1 heterocycles. The number of benzene rings is 1. The van der Waals surface area contributed by atoms with Gasteiger partial charge in [0.1, 0.15) is 23.1 Å². The van der Waals surface area contributed by atoms with Gasteiger partial charge in [-0.05, 0) is 44.9 Å². The highest BCUT2D eigenvalue weighted by atomic mass is 16.6. The van der Waals surface area contributed by atoms with Crippen molar-refractivity contribution in [2.24, 2.45) is 10.4 Å². The lowest BCUT2D eigenvalue weighted by Gasteiger charge is -2.43. The van der Waals surface area contributed by atoms with E-state index in [4.69, 9.17) is 19.2 Å². The molecule has 1 aliphatic heterocycles. The number of carbonyl (C=O) groups excluding carboxylic acids is 1. The van der Waals surface area contributed by atoms with Crippen LogP contribution < -0.4 is 4.74 Å². The smallest absolute Gasteiger partial charge is 0.412 e. The molecule has 1 aliphatic rings. The first-order chi connectivity index (χ1) is 13.4. The third-order valence-corrected chi connectivity index (χ3v) is 5.14. The molecule has 1 aromatic rings. The van der Waals surface area contributed by atoms with Gasteiger partial charge in [-0.25, -0.2) is 9.79 Å². The van der Waals surface area contributed by atoms with Gasteiger partial charge in [0.05, 0.1) is 14.2 Å². The van der Waals surface area contributed by atoms with E-state index in [-0.39, 0.29) is 17.7 Å². The highest BCUT2D eigenvalue weighted by Crippen LogP contribution is 2.42. The molecule has 2 atom stereocenters. The third-order valence-electron chi connectivity index (χ3n) is 5.14. The molecule has 1 aromatic carbocycles. The third kappa shape index (κ3) is 4.85. The van der Waals surface area contributed by atoms with E-state index < -0.39 is 11.1 Å². The van der Waals surface area contributed by atoms with E-state index >= 15 is 0 Å². The lowest BCUT2D eigenvalue weighted by Crippen LogP contribution is -2.60. The maximum Gasteiger partial charge on any atom is 0.412 e. The van der Waals surface area contributed by atoms with Gasteiger partial charge in [0.15, 0.2) is 0 Å². The number of amides is 1. The van der Waals surface area contributed by atoms with Crippen molar-refractivity contribution in [3.05, 3.63) is 29.8 Å². The Morgan fingerprint density at radius 1 is 1.07 bits per heavy atom. The van der Waals surface area contributed by atoms with Crippen LogP contribution in [0.3, 0.4) is 0 Å². The number of hydrogen-bond acceptors (Lipinski definition) is 5. The average molecular weight is 405 g/mol. The highest BCUT2D eigenvalue weighted by Gasteiger charge is 2.56. The minimum atomic E-state index is -0.719. The molecule has 0 saturated heterocycles. The van der Waals surface area contributed by atoms with Crippen LogP contribution in [0.25, 0.3) is 0 Å². The molecule has 2 rings (SSSR count). The SMILES string of the molecule is CC[C@@]1(Cc2ccc(OC)cc2)C(OC)=N[C@H](C(C)(C)C)N1C(=O)OC(C)(C)C. The molecule has 0 N–H and O–H groups in total. The summed E-state index contributed by atoms with van der Waals surface area (Å²) in [4.78, 5) is 20.1. The Bertz CT molecular complexity index is 744. The Labute approximate surface area is 175 Å². The van der Waals surface area contributed by atoms with Gasteiger partial charge in [-0.15, -0.1) is 0 Å². The molecule has 0 fully saturated rings. The zero-order valence-electron chi connectivity index (χ0n) is 19.3. The standard InChI is InChI=1S/C23H36N2O4/c1-10-23(15-16-11-13-17(27-8)14-12-16)19(28-9)24-18(21(2,3)4)25(23)20(26)29-22(5,6)7/h11-14,18H,10,15H2,1-9H3/t18-,23+/m0/s1. The Hall–Kier alpha value is -2.24. The van der Waals surface area contributed by atoms with Crippen molar-refractivity contribution in [2.45, 2.75) is 78.6 Å². The Morgan fingerprint density at radius 2 is 1.66 bits per heavy atom. The molecular formula is C23H36N2O4. The number of methoxy groups -OCH3 is 2. The van der Waals surface area contributed by atoms with E-state index in [0.717, 1.165) is 11.3 Å². The number of ether oxygens (including phenoxy) is 3. The molecule has 0 saturated carbocycles. The normalized spacial score (nSPS) is 22.3. The van der Waals surface area contributed by atoms with E-state index in [1.807, 2.05) is 45.0 Å². The summed E-state index contributed by atoms with van der Waals surface area (Å²) >= 11 is 0. The van der Waals surface area contributed by atoms with Gasteiger partial charge in [-0.1, -0.05) is 39.8 Å². The summed E-state index contributed by atoms with van der Waals surface area (Å²) in [6, 6.07) is 7.88. The molecule has 0 bridgehead atoms. The van der Waals surface area contributed by atoms with E-state index in [0.29, 0.717) is 18.7 Å². The first-order valence-electron chi connectivity index (χ1n) is 10.2. The molecule has 6 heteroatoms. The summed E-state index contributed by atoms with van der Waals surface area (Å²) in [6.45, 7) is 13.9. The highest BCUT2D eigenvalue weighted by molar-refractivity contribution is 5.93. The predicted octanol–water partition coefficient (Wildman–Crippen LogP) is 5.05. The number of rotatable bonds is 4. The molecule has 1 amide bonds. The van der Waals surface area contributed by atoms with Crippen LogP contribution in [0, 0.1) is 5.41 Å². The van der Waals surface area contributed by atoms with E-state index in [9.17, 15) is 4.79 Å². The Morgan fingerprint density at radius 3 is 2.07 bits per heavy atom. The first-order valence-corrected chi connectivity index (χ1v) is 10.2. The predicted molar refractivity (Wildman–Crippen MR) is 115 cm³/mol. The summed E-state index contributed by atoms with van der Waals surface area (Å²) in [5.41, 5.74) is -0.531. The molecule has 29 heavy (non-hydrogen) atoms. The van der Waals surface area contributed by atoms with Crippen LogP contribution in [0.5, 0.6) is 5.75 Å². The van der Waals surface area contributed by atoms with Crippen LogP contribution in [0.4, 0.5) is 4.79 Å². The van der Waals surface area contributed by atoms with Crippen LogP contribution >= 0.6 is 0 Å². The van der Waals surface area contributed by atoms with Gasteiger partial charge in [-0.3, -0.25) is 4.90 Å². The zero-order valence-corrected chi connectivity index (χ0v) is 19.3. The van der Waals surface area contributed by atoms with Crippen molar-refractivity contribution >= 4 is 12.0 Å². The molecule has 0 radical (unpaired) electrons. The summed E-state index contributed by atoms with van der Waals surface area (Å²) < 4.78 is 16.8. The Kier molecular flexibility index (Phi) is 6.55. The van der Waals surface area contributed by atoms with Gasteiger partial charge in [0, 0.05) is 11.8 Å². The number of aliphatic imine (C=N–C) groups is 1. The molecule has 0 aromatic heterocycles. The lowest BCUT2D eigenvalue weighted by molar-refractivity contribution is -0.0160. The lowest BCUT2D eigenvalue weighted by atomic mass is 9.84. The summed E-state index contributed by atoms with van der Waals surface area (Å²) in [6.07, 6.45) is 0.470. The van der Waals surface area contributed by atoms with E-state index in [2.05, 4.69) is 27.7 Å². The fourth-order valence-corrected chi connectivity index (χ4v) is 3.72. The van der Waals surface area contributed by atoms with Crippen molar-refractivity contribution in [1.29, 1.82) is 0 Å². The quantitative estimate of drug-likeness (QED) is 0.704. The fourth-order valence-electron chi connectivity index (χ4n) is 3.72. The van der Waals surface area contributed by atoms with Crippen molar-refractivity contribution < 1.29 is 19.0 Å². The minimum Gasteiger partial charge on any atom is -0.497 e. The van der Waals surface area contributed by atoms with Crippen molar-refractivity contribution in [3.8, 4) is 5.75 Å². The monoisotopic (exact) mass is 404 g/mol. The van der Waals surface area contributed by atoms with E-state index in [1.54, 1.807) is 19.1 Å². The number of nitrogens with zero attached hydrogens (tertiary/aromatic N) is 2.